The number of rotatable bonds is 4. The number of hydrogen-bond donors (Lipinski definition) is 0. The first-order chi connectivity index (χ1) is 12.4. The lowest BCUT2D eigenvalue weighted by Gasteiger charge is -2.25. The lowest BCUT2D eigenvalue weighted by atomic mass is 10.2. The summed E-state index contributed by atoms with van der Waals surface area (Å²) in [6, 6.07) is 11.5. The summed E-state index contributed by atoms with van der Waals surface area (Å²) in [5.74, 6) is -1.20. The quantitative estimate of drug-likeness (QED) is 0.794. The molecule has 1 aliphatic rings. The van der Waals surface area contributed by atoms with Gasteiger partial charge >= 0.3 is 0 Å². The molecule has 1 heterocycles. The molecule has 0 saturated heterocycles. The summed E-state index contributed by atoms with van der Waals surface area (Å²) in [5.41, 5.74) is 1.32. The molecule has 26 heavy (non-hydrogen) atoms. The molecule has 0 saturated carbocycles. The van der Waals surface area contributed by atoms with E-state index in [9.17, 15) is 13.6 Å². The predicted octanol–water partition coefficient (Wildman–Crippen LogP) is 4.31. The van der Waals surface area contributed by atoms with E-state index in [1.807, 2.05) is 29.2 Å². The van der Waals surface area contributed by atoms with Crippen molar-refractivity contribution in [1.82, 2.24) is 4.90 Å². The van der Waals surface area contributed by atoms with Crippen LogP contribution in [0.4, 0.5) is 14.5 Å². The summed E-state index contributed by atoms with van der Waals surface area (Å²) in [4.78, 5) is 17.6. The minimum absolute atomic E-state index is 0.0165. The molecule has 0 aromatic heterocycles. The maximum Gasteiger partial charge on any atom is 0.241 e. The zero-order chi connectivity index (χ0) is 18.7. The second-order valence-electron chi connectivity index (χ2n) is 6.64. The van der Waals surface area contributed by atoms with Gasteiger partial charge in [-0.3, -0.25) is 9.69 Å². The van der Waals surface area contributed by atoms with Gasteiger partial charge in [0.05, 0.1) is 12.2 Å². The SMILES string of the molecule is CC1CCN(C(=O)CN(C)Cc2ccc(F)cc2F)c2ccccc2S1. The summed E-state index contributed by atoms with van der Waals surface area (Å²) >= 11 is 1.79. The van der Waals surface area contributed by atoms with Crippen LogP contribution in [0.3, 0.4) is 0 Å². The minimum atomic E-state index is -0.599. The van der Waals surface area contributed by atoms with E-state index in [-0.39, 0.29) is 19.0 Å². The molecular formula is C20H22F2N2OS. The highest BCUT2D eigenvalue weighted by molar-refractivity contribution is 8.00. The number of carbonyl (C=O) groups excluding carboxylic acids is 1. The van der Waals surface area contributed by atoms with Gasteiger partial charge in [-0.2, -0.15) is 0 Å². The van der Waals surface area contributed by atoms with Gasteiger partial charge in [0.1, 0.15) is 11.6 Å². The van der Waals surface area contributed by atoms with Crippen molar-refractivity contribution >= 4 is 23.4 Å². The number of benzene rings is 2. The molecule has 1 amide bonds. The Labute approximate surface area is 157 Å². The van der Waals surface area contributed by atoms with Crippen LogP contribution >= 0.6 is 11.8 Å². The Kier molecular flexibility index (Phi) is 5.94. The van der Waals surface area contributed by atoms with Gasteiger partial charge in [0.15, 0.2) is 0 Å². The fraction of sp³-hybridized carbons (Fsp3) is 0.350. The molecular weight excluding hydrogens is 354 g/mol. The average molecular weight is 376 g/mol. The van der Waals surface area contributed by atoms with Gasteiger partial charge in [0.2, 0.25) is 5.91 Å². The molecule has 6 heteroatoms. The Bertz CT molecular complexity index is 799. The third kappa shape index (κ3) is 4.43. The van der Waals surface area contributed by atoms with Gasteiger partial charge in [0.25, 0.3) is 0 Å². The number of halogens is 2. The van der Waals surface area contributed by atoms with Crippen molar-refractivity contribution in [3.8, 4) is 0 Å². The van der Waals surface area contributed by atoms with Gasteiger partial charge in [-0.15, -0.1) is 11.8 Å². The summed E-state index contributed by atoms with van der Waals surface area (Å²) < 4.78 is 26.9. The minimum Gasteiger partial charge on any atom is -0.310 e. The van der Waals surface area contributed by atoms with Crippen molar-refractivity contribution in [2.75, 3.05) is 25.0 Å². The number of nitrogens with zero attached hydrogens (tertiary/aromatic N) is 2. The Balaban J connectivity index is 1.71. The van der Waals surface area contributed by atoms with Crippen LogP contribution in [0.2, 0.25) is 0 Å². The molecule has 0 spiro atoms. The van der Waals surface area contributed by atoms with Crippen LogP contribution in [0.5, 0.6) is 0 Å². The summed E-state index contributed by atoms with van der Waals surface area (Å²) in [5, 5.41) is 0.444. The molecule has 0 aliphatic carbocycles. The van der Waals surface area contributed by atoms with E-state index in [1.54, 1.807) is 23.7 Å². The van der Waals surface area contributed by atoms with E-state index in [0.717, 1.165) is 23.1 Å². The van der Waals surface area contributed by atoms with Crippen LogP contribution in [-0.2, 0) is 11.3 Å². The van der Waals surface area contributed by atoms with Crippen molar-refractivity contribution < 1.29 is 13.6 Å². The van der Waals surface area contributed by atoms with Crippen molar-refractivity contribution in [2.24, 2.45) is 0 Å². The Morgan fingerprint density at radius 3 is 2.81 bits per heavy atom. The van der Waals surface area contributed by atoms with Gasteiger partial charge in [0, 0.05) is 34.9 Å². The van der Waals surface area contributed by atoms with E-state index in [2.05, 4.69) is 6.92 Å². The van der Waals surface area contributed by atoms with Crippen molar-refractivity contribution in [2.45, 2.75) is 30.0 Å². The molecule has 0 fully saturated rings. The van der Waals surface area contributed by atoms with Gasteiger partial charge in [-0.25, -0.2) is 8.78 Å². The maximum atomic E-state index is 13.8. The lowest BCUT2D eigenvalue weighted by Crippen LogP contribution is -2.39. The van der Waals surface area contributed by atoms with Crippen LogP contribution in [0.25, 0.3) is 0 Å². The van der Waals surface area contributed by atoms with Crippen LogP contribution in [0.15, 0.2) is 47.4 Å². The molecule has 2 aromatic rings. The highest BCUT2D eigenvalue weighted by Crippen LogP contribution is 2.37. The first-order valence-electron chi connectivity index (χ1n) is 8.62. The van der Waals surface area contributed by atoms with Gasteiger partial charge in [-0.05, 0) is 31.7 Å². The van der Waals surface area contributed by atoms with Crippen molar-refractivity contribution in [3.63, 3.8) is 0 Å². The molecule has 1 unspecified atom stereocenters. The molecule has 1 aliphatic heterocycles. The van der Waals surface area contributed by atoms with E-state index < -0.39 is 11.6 Å². The zero-order valence-electron chi connectivity index (χ0n) is 14.9. The number of hydrogen-bond acceptors (Lipinski definition) is 3. The van der Waals surface area contributed by atoms with Crippen LogP contribution in [0.1, 0.15) is 18.9 Å². The Morgan fingerprint density at radius 1 is 1.27 bits per heavy atom. The topological polar surface area (TPSA) is 23.6 Å². The highest BCUT2D eigenvalue weighted by Gasteiger charge is 2.24. The molecule has 138 valence electrons. The predicted molar refractivity (Wildman–Crippen MR) is 101 cm³/mol. The number of fused-ring (bicyclic) bond motifs is 1. The van der Waals surface area contributed by atoms with Gasteiger partial charge < -0.3 is 4.90 Å². The van der Waals surface area contributed by atoms with E-state index in [4.69, 9.17) is 0 Å². The van der Waals surface area contributed by atoms with Crippen molar-refractivity contribution in [1.29, 1.82) is 0 Å². The van der Waals surface area contributed by atoms with E-state index in [0.29, 0.717) is 17.4 Å². The number of thioether (sulfide) groups is 1. The average Bonchev–Trinajstić information content (AvgIpc) is 2.75. The largest absolute Gasteiger partial charge is 0.310 e. The molecule has 3 rings (SSSR count). The molecule has 1 atom stereocenters. The monoisotopic (exact) mass is 376 g/mol. The lowest BCUT2D eigenvalue weighted by molar-refractivity contribution is -0.119. The Hall–Kier alpha value is -1.92. The van der Waals surface area contributed by atoms with E-state index in [1.165, 1.54) is 12.1 Å². The molecule has 0 radical (unpaired) electrons. The normalized spacial score (nSPS) is 17.1. The smallest absolute Gasteiger partial charge is 0.241 e. The standard InChI is InChI=1S/C20H22F2N2OS/c1-14-9-10-24(18-5-3-4-6-19(18)26-14)20(25)13-23(2)12-15-7-8-16(21)11-17(15)22/h3-8,11,14H,9-10,12-13H2,1-2H3. The summed E-state index contributed by atoms with van der Waals surface area (Å²) in [7, 11) is 1.77. The second kappa shape index (κ2) is 8.18. The molecule has 2 aromatic carbocycles. The van der Waals surface area contributed by atoms with E-state index >= 15 is 0 Å². The number of likely N-dealkylation sites (N-methyl/N-ethyl adjacent to an activating group) is 1. The first kappa shape index (κ1) is 18.9. The van der Waals surface area contributed by atoms with Crippen LogP contribution in [-0.4, -0.2) is 36.2 Å². The molecule has 3 nitrogen and oxygen atoms in total. The Morgan fingerprint density at radius 2 is 2.04 bits per heavy atom. The number of carbonyl (C=O) groups is 1. The first-order valence-corrected chi connectivity index (χ1v) is 9.50. The second-order valence-corrected chi connectivity index (χ2v) is 8.12. The van der Waals surface area contributed by atoms with Gasteiger partial charge in [-0.1, -0.05) is 25.1 Å². The number of para-hydroxylation sites is 1. The summed E-state index contributed by atoms with van der Waals surface area (Å²) in [6.07, 6.45) is 0.918. The molecule has 0 bridgehead atoms. The van der Waals surface area contributed by atoms with Crippen LogP contribution < -0.4 is 4.90 Å². The fourth-order valence-corrected chi connectivity index (χ4v) is 4.17. The number of amides is 1. The third-order valence-electron chi connectivity index (χ3n) is 4.41. The third-order valence-corrected chi connectivity index (χ3v) is 5.64. The molecule has 0 N–H and O–H groups in total. The fourth-order valence-electron chi connectivity index (χ4n) is 3.06. The summed E-state index contributed by atoms with van der Waals surface area (Å²) in [6.45, 7) is 3.25. The van der Waals surface area contributed by atoms with Crippen LogP contribution in [0, 0.1) is 11.6 Å². The maximum absolute atomic E-state index is 13.8. The zero-order valence-corrected chi connectivity index (χ0v) is 15.7. The van der Waals surface area contributed by atoms with Crippen molar-refractivity contribution in [3.05, 3.63) is 59.7 Å². The number of anilines is 1. The highest BCUT2D eigenvalue weighted by atomic mass is 32.2.